The molecule has 73 heavy (non-hydrogen) atoms. The van der Waals surface area contributed by atoms with Crippen LogP contribution >= 0.6 is 0 Å². The average Bonchev–Trinajstić information content (AvgIpc) is 3.39. The monoisotopic (exact) mass is 1030 g/mol. The van der Waals surface area contributed by atoms with Crippen LogP contribution in [0.3, 0.4) is 0 Å². The van der Waals surface area contributed by atoms with Gasteiger partial charge in [0.15, 0.2) is 0 Å². The molecule has 434 valence electrons. The van der Waals surface area contributed by atoms with E-state index in [9.17, 15) is 19.8 Å². The lowest BCUT2D eigenvalue weighted by molar-refractivity contribution is -0.143. The molecule has 2 atom stereocenters. The molecule has 0 aliphatic rings. The van der Waals surface area contributed by atoms with Crippen molar-refractivity contribution in [3.8, 4) is 0 Å². The van der Waals surface area contributed by atoms with Crippen molar-refractivity contribution in [2.75, 3.05) is 13.2 Å². The van der Waals surface area contributed by atoms with E-state index in [-0.39, 0.29) is 18.5 Å². The highest BCUT2D eigenvalue weighted by atomic mass is 16.5. The summed E-state index contributed by atoms with van der Waals surface area (Å²) in [4.78, 5) is 24.6. The third-order valence-electron chi connectivity index (χ3n) is 15.8. The van der Waals surface area contributed by atoms with Gasteiger partial charge in [-0.25, -0.2) is 0 Å². The van der Waals surface area contributed by atoms with Gasteiger partial charge in [0.1, 0.15) is 0 Å². The van der Waals surface area contributed by atoms with Crippen molar-refractivity contribution >= 4 is 11.9 Å². The molecule has 0 heterocycles. The number of allylic oxidation sites excluding steroid dienone is 2. The van der Waals surface area contributed by atoms with Gasteiger partial charge in [0.2, 0.25) is 5.91 Å². The van der Waals surface area contributed by atoms with Crippen molar-refractivity contribution < 1.29 is 24.5 Å². The maximum absolute atomic E-state index is 12.5. The average molecular weight is 1030 g/mol. The van der Waals surface area contributed by atoms with Gasteiger partial charge in [-0.1, -0.05) is 328 Å². The molecule has 0 saturated carbocycles. The summed E-state index contributed by atoms with van der Waals surface area (Å²) in [6.45, 7) is 4.98. The summed E-state index contributed by atoms with van der Waals surface area (Å²) in [5.74, 6) is -0.0294. The van der Waals surface area contributed by atoms with Gasteiger partial charge in [-0.05, 0) is 51.4 Å². The minimum absolute atomic E-state index is 0.00964. The van der Waals surface area contributed by atoms with E-state index in [1.807, 2.05) is 0 Å². The fourth-order valence-corrected chi connectivity index (χ4v) is 10.7. The number of hydrogen-bond donors (Lipinski definition) is 3. The number of hydrogen-bond acceptors (Lipinski definition) is 5. The first-order valence-corrected chi connectivity index (χ1v) is 33.4. The van der Waals surface area contributed by atoms with Gasteiger partial charge in [-0.3, -0.25) is 9.59 Å². The zero-order valence-electron chi connectivity index (χ0n) is 49.6. The Balaban J connectivity index is 3.42. The highest BCUT2D eigenvalue weighted by Gasteiger charge is 2.20. The van der Waals surface area contributed by atoms with Crippen molar-refractivity contribution in [2.24, 2.45) is 0 Å². The highest BCUT2D eigenvalue weighted by Crippen LogP contribution is 2.19. The Morgan fingerprint density at radius 2 is 0.644 bits per heavy atom. The van der Waals surface area contributed by atoms with Crippen molar-refractivity contribution in [3.63, 3.8) is 0 Å². The smallest absolute Gasteiger partial charge is 0.305 e. The topological polar surface area (TPSA) is 95.9 Å². The minimum Gasteiger partial charge on any atom is -0.466 e. The fourth-order valence-electron chi connectivity index (χ4n) is 10.7. The van der Waals surface area contributed by atoms with E-state index in [2.05, 4.69) is 31.3 Å². The Morgan fingerprint density at radius 1 is 0.370 bits per heavy atom. The van der Waals surface area contributed by atoms with E-state index < -0.39 is 12.1 Å². The van der Waals surface area contributed by atoms with Crippen LogP contribution < -0.4 is 5.32 Å². The molecule has 0 aliphatic heterocycles. The number of aliphatic hydroxyl groups excluding tert-OH is 2. The summed E-state index contributed by atoms with van der Waals surface area (Å²) >= 11 is 0. The number of unbranched alkanes of at least 4 members (excludes halogenated alkanes) is 50. The minimum atomic E-state index is -0.670. The zero-order valence-corrected chi connectivity index (χ0v) is 49.6. The molecule has 0 bridgehead atoms. The van der Waals surface area contributed by atoms with E-state index in [1.165, 1.54) is 308 Å². The van der Waals surface area contributed by atoms with Gasteiger partial charge < -0.3 is 20.3 Å². The normalized spacial score (nSPS) is 12.5. The standard InChI is InChI=1S/C67H131NO5/c1-3-5-7-9-11-13-15-17-19-20-21-22-23-26-29-32-35-39-43-47-51-55-59-65(70)64(63-69)68-66(71)60-56-52-48-44-40-36-33-30-27-24-25-28-31-34-38-42-46-50-54-58-62-73-67(72)61-57-53-49-45-41-37-18-16-14-12-10-8-6-4-2/h24,27,64-65,69-70H,3-23,25-26,28-63H2,1-2H3,(H,68,71)/b27-24-. The summed E-state index contributed by atoms with van der Waals surface area (Å²) in [6, 6.07) is -0.548. The summed E-state index contributed by atoms with van der Waals surface area (Å²) in [7, 11) is 0. The molecular formula is C67H131NO5. The van der Waals surface area contributed by atoms with Gasteiger partial charge in [-0.2, -0.15) is 0 Å². The predicted molar refractivity (Wildman–Crippen MR) is 320 cm³/mol. The van der Waals surface area contributed by atoms with Crippen LogP contribution in [-0.4, -0.2) is 47.4 Å². The first-order valence-electron chi connectivity index (χ1n) is 33.4. The lowest BCUT2D eigenvalue weighted by Gasteiger charge is -2.22. The molecule has 0 aromatic rings. The van der Waals surface area contributed by atoms with E-state index in [4.69, 9.17) is 4.74 Å². The number of esters is 1. The molecule has 2 unspecified atom stereocenters. The largest absolute Gasteiger partial charge is 0.466 e. The lowest BCUT2D eigenvalue weighted by Crippen LogP contribution is -2.45. The van der Waals surface area contributed by atoms with Crippen LogP contribution in [0.1, 0.15) is 380 Å². The van der Waals surface area contributed by atoms with Crippen LogP contribution in [0.2, 0.25) is 0 Å². The number of rotatable bonds is 63. The van der Waals surface area contributed by atoms with E-state index in [0.29, 0.717) is 25.9 Å². The second-order valence-corrected chi connectivity index (χ2v) is 23.2. The quantitative estimate of drug-likeness (QED) is 0.0320. The third kappa shape index (κ3) is 59.7. The molecule has 0 saturated heterocycles. The molecule has 6 heteroatoms. The summed E-state index contributed by atoms with van der Waals surface area (Å²) in [6.07, 6.45) is 76.6. The first-order chi connectivity index (χ1) is 36.0. The molecule has 0 rings (SSSR count). The number of aliphatic hydroxyl groups is 2. The predicted octanol–water partition coefficient (Wildman–Crippen LogP) is 21.2. The number of amides is 1. The Bertz CT molecular complexity index is 1100. The van der Waals surface area contributed by atoms with Crippen molar-refractivity contribution in [1.82, 2.24) is 5.32 Å². The van der Waals surface area contributed by atoms with Crippen LogP contribution in [0.25, 0.3) is 0 Å². The fraction of sp³-hybridized carbons (Fsp3) is 0.940. The molecule has 0 aliphatic carbocycles. The van der Waals surface area contributed by atoms with Crippen LogP contribution in [0.15, 0.2) is 12.2 Å². The van der Waals surface area contributed by atoms with Crippen LogP contribution in [0.4, 0.5) is 0 Å². The van der Waals surface area contributed by atoms with Gasteiger partial charge >= 0.3 is 5.97 Å². The van der Waals surface area contributed by atoms with Crippen LogP contribution in [0, 0.1) is 0 Å². The third-order valence-corrected chi connectivity index (χ3v) is 15.8. The van der Waals surface area contributed by atoms with Crippen molar-refractivity contribution in [2.45, 2.75) is 392 Å². The van der Waals surface area contributed by atoms with Crippen molar-refractivity contribution in [1.29, 1.82) is 0 Å². The highest BCUT2D eigenvalue weighted by molar-refractivity contribution is 5.76. The van der Waals surface area contributed by atoms with E-state index >= 15 is 0 Å². The van der Waals surface area contributed by atoms with Crippen molar-refractivity contribution in [3.05, 3.63) is 12.2 Å². The molecule has 0 spiro atoms. The van der Waals surface area contributed by atoms with E-state index in [0.717, 1.165) is 38.5 Å². The summed E-state index contributed by atoms with van der Waals surface area (Å²) in [5, 5.41) is 23.4. The van der Waals surface area contributed by atoms with Gasteiger partial charge in [0.05, 0.1) is 25.4 Å². The number of nitrogens with one attached hydrogen (secondary N) is 1. The van der Waals surface area contributed by atoms with E-state index in [1.54, 1.807) is 0 Å². The van der Waals surface area contributed by atoms with Crippen LogP contribution in [-0.2, 0) is 14.3 Å². The second-order valence-electron chi connectivity index (χ2n) is 23.2. The Kier molecular flexibility index (Phi) is 61.9. The van der Waals surface area contributed by atoms with Crippen LogP contribution in [0.5, 0.6) is 0 Å². The summed E-state index contributed by atoms with van der Waals surface area (Å²) in [5.41, 5.74) is 0. The molecule has 6 nitrogen and oxygen atoms in total. The summed E-state index contributed by atoms with van der Waals surface area (Å²) < 4.78 is 5.48. The maximum atomic E-state index is 12.5. The molecule has 3 N–H and O–H groups in total. The second kappa shape index (κ2) is 63.1. The SMILES string of the molecule is CCCCCCCCCCCCCCCCCCCCCCCCC(O)C(CO)NC(=O)CCCCCCCCC/C=C\CCCCCCCCCCCOC(=O)CCCCCCCCCCCCCCCC. The molecule has 0 fully saturated rings. The lowest BCUT2D eigenvalue weighted by atomic mass is 10.0. The Labute approximate surface area is 457 Å². The molecule has 0 aromatic heterocycles. The number of ether oxygens (including phenoxy) is 1. The number of carbonyl (C=O) groups is 2. The molecular weight excluding hydrogens is 899 g/mol. The molecule has 0 aromatic carbocycles. The van der Waals surface area contributed by atoms with Gasteiger partial charge in [0, 0.05) is 12.8 Å². The Morgan fingerprint density at radius 3 is 0.973 bits per heavy atom. The molecule has 1 amide bonds. The zero-order chi connectivity index (χ0) is 52.9. The van der Waals surface area contributed by atoms with Gasteiger partial charge in [0.25, 0.3) is 0 Å². The first kappa shape index (κ1) is 71.6. The van der Waals surface area contributed by atoms with Gasteiger partial charge in [-0.15, -0.1) is 0 Å². The Hall–Kier alpha value is -1.40. The molecule has 0 radical (unpaired) electrons. The number of carbonyl (C=O) groups excluding carboxylic acids is 2. The maximum Gasteiger partial charge on any atom is 0.305 e.